The summed E-state index contributed by atoms with van der Waals surface area (Å²) in [6, 6.07) is 15.9. The summed E-state index contributed by atoms with van der Waals surface area (Å²) in [6.07, 6.45) is 2.62. The Morgan fingerprint density at radius 2 is 1.92 bits per heavy atom. The molecule has 1 aliphatic heterocycles. The van der Waals surface area contributed by atoms with Crippen molar-refractivity contribution in [3.8, 4) is 5.75 Å². The van der Waals surface area contributed by atoms with Gasteiger partial charge in [-0.15, -0.1) is 0 Å². The maximum atomic E-state index is 12.8. The molecule has 0 spiro atoms. The summed E-state index contributed by atoms with van der Waals surface area (Å²) in [4.78, 5) is 14.6. The van der Waals surface area contributed by atoms with Crippen LogP contribution < -0.4 is 9.64 Å². The number of nitrogens with zero attached hydrogens (tertiary/aromatic N) is 1. The van der Waals surface area contributed by atoms with Gasteiger partial charge >= 0.3 is 0 Å². The number of para-hydroxylation sites is 1. The standard InChI is InChI=1S/C21H25NO3S/c1-16-7-10-18-5-3-4-6-20(18)22(16)21(23)15-26(24)14-13-17-8-11-19(25-2)12-9-17/h3-6,8-9,11-12,16H,7,10,13-15H2,1-2H3/t16-,26+/m1/s1. The largest absolute Gasteiger partial charge is 0.497 e. The van der Waals surface area contributed by atoms with Gasteiger partial charge in [-0.25, -0.2) is 0 Å². The Bertz CT molecular complexity index is 788. The molecule has 0 saturated carbocycles. The highest BCUT2D eigenvalue weighted by Crippen LogP contribution is 2.30. The Morgan fingerprint density at radius 1 is 1.19 bits per heavy atom. The van der Waals surface area contributed by atoms with Crippen molar-refractivity contribution in [1.29, 1.82) is 0 Å². The average molecular weight is 372 g/mol. The minimum atomic E-state index is -1.17. The number of hydrogen-bond donors (Lipinski definition) is 0. The summed E-state index contributed by atoms with van der Waals surface area (Å²) in [7, 11) is 0.461. The second-order valence-corrected chi connectivity index (χ2v) is 8.24. The zero-order valence-electron chi connectivity index (χ0n) is 15.3. The van der Waals surface area contributed by atoms with Gasteiger partial charge in [-0.3, -0.25) is 9.00 Å². The van der Waals surface area contributed by atoms with Crippen LogP contribution in [-0.4, -0.2) is 34.8 Å². The Morgan fingerprint density at radius 3 is 2.65 bits per heavy atom. The molecule has 0 unspecified atom stereocenters. The number of hydrogen-bond acceptors (Lipinski definition) is 3. The highest BCUT2D eigenvalue weighted by Gasteiger charge is 2.28. The number of carbonyl (C=O) groups excluding carboxylic acids is 1. The molecule has 1 amide bonds. The predicted octanol–water partition coefficient (Wildman–Crippen LogP) is 3.35. The molecule has 0 radical (unpaired) electrons. The first kappa shape index (κ1) is 18.6. The molecule has 4 nitrogen and oxygen atoms in total. The van der Waals surface area contributed by atoms with Crippen LogP contribution in [-0.2, 0) is 28.4 Å². The highest BCUT2D eigenvalue weighted by atomic mass is 32.2. The third-order valence-corrected chi connectivity index (χ3v) is 6.08. The summed E-state index contributed by atoms with van der Waals surface area (Å²) in [5.41, 5.74) is 3.27. The zero-order valence-corrected chi connectivity index (χ0v) is 16.1. The molecule has 0 saturated heterocycles. The molecule has 2 atom stereocenters. The topological polar surface area (TPSA) is 46.6 Å². The molecule has 1 aliphatic rings. The molecule has 3 rings (SSSR count). The molecule has 26 heavy (non-hydrogen) atoms. The smallest absolute Gasteiger partial charge is 0.239 e. The second kappa shape index (κ2) is 8.49. The van der Waals surface area contributed by atoms with Crippen LogP contribution >= 0.6 is 0 Å². The Kier molecular flexibility index (Phi) is 6.09. The number of fused-ring (bicyclic) bond motifs is 1. The van der Waals surface area contributed by atoms with Gasteiger partial charge in [0.1, 0.15) is 11.5 Å². The van der Waals surface area contributed by atoms with Crippen molar-refractivity contribution < 1.29 is 13.7 Å². The van der Waals surface area contributed by atoms with Crippen molar-refractivity contribution in [2.45, 2.75) is 32.2 Å². The summed E-state index contributed by atoms with van der Waals surface area (Å²) in [5.74, 6) is 1.33. The Hall–Kier alpha value is -2.14. The van der Waals surface area contributed by atoms with Crippen LogP contribution in [0.2, 0.25) is 0 Å². The second-order valence-electron chi connectivity index (χ2n) is 6.67. The van der Waals surface area contributed by atoms with Crippen LogP contribution in [0.3, 0.4) is 0 Å². The van der Waals surface area contributed by atoms with E-state index in [4.69, 9.17) is 4.74 Å². The molecule has 2 aromatic carbocycles. The lowest BCUT2D eigenvalue weighted by Crippen LogP contribution is -2.44. The number of aryl methyl sites for hydroxylation is 2. The van der Waals surface area contributed by atoms with Gasteiger partial charge in [-0.2, -0.15) is 0 Å². The van der Waals surface area contributed by atoms with E-state index in [0.29, 0.717) is 12.2 Å². The van der Waals surface area contributed by atoms with Crippen LogP contribution in [0.25, 0.3) is 0 Å². The minimum Gasteiger partial charge on any atom is -0.497 e. The lowest BCUT2D eigenvalue weighted by Gasteiger charge is -2.35. The van der Waals surface area contributed by atoms with Crippen molar-refractivity contribution in [3.63, 3.8) is 0 Å². The van der Waals surface area contributed by atoms with Crippen molar-refractivity contribution in [3.05, 3.63) is 59.7 Å². The first-order chi connectivity index (χ1) is 12.6. The third-order valence-electron chi connectivity index (χ3n) is 4.85. The monoisotopic (exact) mass is 371 g/mol. The molecule has 0 fully saturated rings. The number of anilines is 1. The van der Waals surface area contributed by atoms with Gasteiger partial charge in [0.15, 0.2) is 0 Å². The van der Waals surface area contributed by atoms with Crippen LogP contribution in [0.1, 0.15) is 24.5 Å². The van der Waals surface area contributed by atoms with Crippen molar-refractivity contribution in [2.75, 3.05) is 23.5 Å². The van der Waals surface area contributed by atoms with Crippen molar-refractivity contribution in [2.24, 2.45) is 0 Å². The van der Waals surface area contributed by atoms with Crippen LogP contribution in [0.15, 0.2) is 48.5 Å². The zero-order chi connectivity index (χ0) is 18.5. The van der Waals surface area contributed by atoms with Gasteiger partial charge in [0.2, 0.25) is 5.91 Å². The van der Waals surface area contributed by atoms with Gasteiger partial charge in [0, 0.05) is 28.3 Å². The molecule has 5 heteroatoms. The summed E-state index contributed by atoms with van der Waals surface area (Å²) >= 11 is 0. The summed E-state index contributed by atoms with van der Waals surface area (Å²) < 4.78 is 17.6. The fourth-order valence-electron chi connectivity index (χ4n) is 3.37. The quantitative estimate of drug-likeness (QED) is 0.782. The Labute approximate surface area is 157 Å². The first-order valence-electron chi connectivity index (χ1n) is 8.96. The first-order valence-corrected chi connectivity index (χ1v) is 10.4. The number of carbonyl (C=O) groups is 1. The number of ether oxygens (including phenoxy) is 1. The lowest BCUT2D eigenvalue weighted by atomic mass is 9.97. The van der Waals surface area contributed by atoms with Gasteiger partial charge < -0.3 is 9.64 Å². The molecule has 0 aliphatic carbocycles. The van der Waals surface area contributed by atoms with E-state index in [1.165, 1.54) is 5.56 Å². The van der Waals surface area contributed by atoms with Crippen molar-refractivity contribution >= 4 is 22.4 Å². The molecule has 0 aromatic heterocycles. The lowest BCUT2D eigenvalue weighted by molar-refractivity contribution is -0.116. The van der Waals surface area contributed by atoms with E-state index >= 15 is 0 Å². The molecular weight excluding hydrogens is 346 g/mol. The van der Waals surface area contributed by atoms with E-state index in [9.17, 15) is 9.00 Å². The maximum absolute atomic E-state index is 12.8. The fraction of sp³-hybridized carbons (Fsp3) is 0.381. The Balaban J connectivity index is 1.59. The maximum Gasteiger partial charge on any atom is 0.239 e. The van der Waals surface area contributed by atoms with E-state index in [1.54, 1.807) is 7.11 Å². The summed E-state index contributed by atoms with van der Waals surface area (Å²) in [6.45, 7) is 2.06. The van der Waals surface area contributed by atoms with Crippen LogP contribution in [0, 0.1) is 0 Å². The SMILES string of the molecule is COc1ccc(CC[S@](=O)CC(=O)N2c3ccccc3CC[C@H]2C)cc1. The number of rotatable bonds is 6. The van der Waals surface area contributed by atoms with E-state index in [1.807, 2.05) is 47.4 Å². The van der Waals surface area contributed by atoms with Gasteiger partial charge in [0.25, 0.3) is 0 Å². The van der Waals surface area contributed by atoms with Crippen molar-refractivity contribution in [1.82, 2.24) is 0 Å². The van der Waals surface area contributed by atoms with Crippen LogP contribution in [0.5, 0.6) is 5.75 Å². The number of amides is 1. The predicted molar refractivity (Wildman–Crippen MR) is 106 cm³/mol. The molecule has 0 bridgehead atoms. The van der Waals surface area contributed by atoms with Crippen LogP contribution in [0.4, 0.5) is 5.69 Å². The fourth-order valence-corrected chi connectivity index (χ4v) is 4.39. The van der Waals surface area contributed by atoms with E-state index < -0.39 is 10.8 Å². The third kappa shape index (κ3) is 4.33. The molecule has 138 valence electrons. The molecule has 0 N–H and O–H groups in total. The highest BCUT2D eigenvalue weighted by molar-refractivity contribution is 7.85. The van der Waals surface area contributed by atoms with Gasteiger partial charge in [-0.1, -0.05) is 30.3 Å². The van der Waals surface area contributed by atoms with Gasteiger partial charge in [0.05, 0.1) is 7.11 Å². The van der Waals surface area contributed by atoms with E-state index in [2.05, 4.69) is 13.0 Å². The minimum absolute atomic E-state index is 0.0438. The van der Waals surface area contributed by atoms with E-state index in [-0.39, 0.29) is 17.7 Å². The molecular formula is C21H25NO3S. The average Bonchev–Trinajstić information content (AvgIpc) is 2.66. The van der Waals surface area contributed by atoms with E-state index in [0.717, 1.165) is 29.8 Å². The summed E-state index contributed by atoms with van der Waals surface area (Å²) in [5, 5.41) is 0. The van der Waals surface area contributed by atoms with Gasteiger partial charge in [-0.05, 0) is 55.5 Å². The normalized spacial score (nSPS) is 17.5. The number of methoxy groups -OCH3 is 1. The molecule has 2 aromatic rings. The number of benzene rings is 2. The molecule has 1 heterocycles.